The van der Waals surface area contributed by atoms with Gasteiger partial charge in [0, 0.05) is 12.3 Å². The summed E-state index contributed by atoms with van der Waals surface area (Å²) in [6, 6.07) is 0. The van der Waals surface area contributed by atoms with Crippen LogP contribution >= 0.6 is 27.5 Å². The molecule has 0 aromatic heterocycles. The van der Waals surface area contributed by atoms with Gasteiger partial charge < -0.3 is 0 Å². The molecular weight excluding hydrogens is 287 g/mol. The Morgan fingerprint density at radius 2 is 1.43 bits per heavy atom. The fourth-order valence-electron chi connectivity index (χ4n) is 0.937. The first-order chi connectivity index (χ1) is 6.31. The van der Waals surface area contributed by atoms with Gasteiger partial charge in [0.05, 0.1) is 0 Å². The highest BCUT2D eigenvalue weighted by Crippen LogP contribution is 2.42. The molecular formula is C8H12BrClF4. The number of alkyl halides is 6. The van der Waals surface area contributed by atoms with E-state index in [1.807, 2.05) is 0 Å². The third kappa shape index (κ3) is 5.39. The van der Waals surface area contributed by atoms with Crippen LogP contribution in [0.3, 0.4) is 0 Å². The van der Waals surface area contributed by atoms with E-state index < -0.39 is 17.2 Å². The van der Waals surface area contributed by atoms with Gasteiger partial charge in [-0.05, 0) is 28.8 Å². The van der Waals surface area contributed by atoms with Crippen LogP contribution in [0.25, 0.3) is 0 Å². The van der Waals surface area contributed by atoms with Crippen LogP contribution in [0.4, 0.5) is 17.6 Å². The smallest absolute Gasteiger partial charge is 0.199 e. The highest BCUT2D eigenvalue weighted by molar-refractivity contribution is 9.10. The van der Waals surface area contributed by atoms with Crippen LogP contribution in [-0.2, 0) is 0 Å². The third-order valence-corrected chi connectivity index (χ3v) is 2.64. The van der Waals surface area contributed by atoms with Gasteiger partial charge in [-0.2, -0.15) is 17.6 Å². The van der Waals surface area contributed by atoms with Crippen molar-refractivity contribution >= 4 is 27.5 Å². The van der Waals surface area contributed by atoms with Gasteiger partial charge >= 0.3 is 10.8 Å². The summed E-state index contributed by atoms with van der Waals surface area (Å²) in [5.74, 6) is -3.49. The number of hydrogen-bond acceptors (Lipinski definition) is 0. The fraction of sp³-hybridized carbons (Fsp3) is 1.00. The predicted octanol–water partition coefficient (Wildman–Crippen LogP) is 4.80. The van der Waals surface area contributed by atoms with E-state index in [1.165, 1.54) is 0 Å². The van der Waals surface area contributed by atoms with Crippen molar-refractivity contribution in [3.05, 3.63) is 0 Å². The van der Waals surface area contributed by atoms with E-state index in [2.05, 4.69) is 0 Å². The zero-order chi connectivity index (χ0) is 11.2. The third-order valence-electron chi connectivity index (χ3n) is 1.79. The molecule has 0 aliphatic rings. The Morgan fingerprint density at radius 1 is 0.929 bits per heavy atom. The van der Waals surface area contributed by atoms with Crippen molar-refractivity contribution in [3.63, 3.8) is 0 Å². The van der Waals surface area contributed by atoms with E-state index in [9.17, 15) is 17.6 Å². The van der Waals surface area contributed by atoms with Gasteiger partial charge in [0.1, 0.15) is 0 Å². The summed E-state index contributed by atoms with van der Waals surface area (Å²) in [6.45, 7) is 0. The molecule has 0 rings (SSSR count). The molecule has 0 aromatic rings. The normalized spacial score (nSPS) is 13.3. The Bertz CT molecular complexity index is 158. The van der Waals surface area contributed by atoms with Crippen molar-refractivity contribution in [1.82, 2.24) is 0 Å². The SMILES string of the molecule is FC(F)(Br)C(F)(F)CCCCCCCl. The van der Waals surface area contributed by atoms with Gasteiger partial charge in [-0.25, -0.2) is 0 Å². The summed E-state index contributed by atoms with van der Waals surface area (Å²) in [6.07, 6.45) is 1.23. The minimum Gasteiger partial charge on any atom is -0.199 e. The lowest BCUT2D eigenvalue weighted by Gasteiger charge is -2.21. The first kappa shape index (κ1) is 14.5. The average molecular weight is 300 g/mol. The molecule has 0 saturated heterocycles. The van der Waals surface area contributed by atoms with Gasteiger partial charge in [-0.1, -0.05) is 12.8 Å². The minimum absolute atomic E-state index is 0.0884. The van der Waals surface area contributed by atoms with Crippen LogP contribution in [0.5, 0.6) is 0 Å². The molecule has 0 heterocycles. The molecule has 0 unspecified atom stereocenters. The summed E-state index contributed by atoms with van der Waals surface area (Å²) in [7, 11) is 0. The van der Waals surface area contributed by atoms with Crippen LogP contribution in [0.1, 0.15) is 32.1 Å². The van der Waals surface area contributed by atoms with Crippen molar-refractivity contribution in [2.45, 2.75) is 42.9 Å². The molecule has 0 fully saturated rings. The molecule has 0 saturated carbocycles. The van der Waals surface area contributed by atoms with Crippen molar-refractivity contribution in [2.24, 2.45) is 0 Å². The van der Waals surface area contributed by atoms with Crippen LogP contribution in [0.2, 0.25) is 0 Å². The minimum atomic E-state index is -4.10. The zero-order valence-corrected chi connectivity index (χ0v) is 9.85. The number of hydrogen-bond donors (Lipinski definition) is 0. The molecule has 0 radical (unpaired) electrons. The molecule has 0 N–H and O–H groups in total. The molecule has 0 amide bonds. The van der Waals surface area contributed by atoms with E-state index in [0.717, 1.165) is 6.42 Å². The van der Waals surface area contributed by atoms with Crippen molar-refractivity contribution in [1.29, 1.82) is 0 Å². The molecule has 0 nitrogen and oxygen atoms in total. The molecule has 0 aliphatic heterocycles. The number of rotatable bonds is 7. The van der Waals surface area contributed by atoms with Crippen LogP contribution in [0.15, 0.2) is 0 Å². The van der Waals surface area contributed by atoms with Crippen molar-refractivity contribution in [2.75, 3.05) is 5.88 Å². The quantitative estimate of drug-likeness (QED) is 0.360. The first-order valence-electron chi connectivity index (χ1n) is 4.32. The van der Waals surface area contributed by atoms with Crippen LogP contribution < -0.4 is 0 Å². The number of halogens is 6. The predicted molar refractivity (Wildman–Crippen MR) is 52.6 cm³/mol. The molecule has 86 valence electrons. The van der Waals surface area contributed by atoms with E-state index in [1.54, 1.807) is 15.9 Å². The Kier molecular flexibility index (Phi) is 6.37. The largest absolute Gasteiger partial charge is 0.363 e. The second kappa shape index (κ2) is 6.16. The summed E-state index contributed by atoms with van der Waals surface area (Å²) in [4.78, 5) is -4.10. The van der Waals surface area contributed by atoms with E-state index >= 15 is 0 Å². The Balaban J connectivity index is 3.67. The Hall–Kier alpha value is 0.490. The number of unbranched alkanes of at least 4 members (excludes halogenated alkanes) is 3. The maximum atomic E-state index is 12.6. The van der Waals surface area contributed by atoms with Crippen molar-refractivity contribution < 1.29 is 17.6 Å². The van der Waals surface area contributed by atoms with Gasteiger partial charge in [-0.15, -0.1) is 11.6 Å². The molecule has 0 spiro atoms. The topological polar surface area (TPSA) is 0 Å². The fourth-order valence-corrected chi connectivity index (χ4v) is 1.32. The maximum Gasteiger partial charge on any atom is 0.363 e. The lowest BCUT2D eigenvalue weighted by Crippen LogP contribution is -2.34. The molecule has 0 atom stereocenters. The standard InChI is InChI=1S/C8H12BrClF4/c9-8(13,14)7(11,12)5-3-1-2-4-6-10/h1-6H2. The van der Waals surface area contributed by atoms with E-state index in [0.29, 0.717) is 18.7 Å². The molecule has 6 heteroatoms. The Morgan fingerprint density at radius 3 is 1.86 bits per heavy atom. The van der Waals surface area contributed by atoms with Crippen LogP contribution in [-0.4, -0.2) is 16.6 Å². The Labute approximate surface area is 94.1 Å². The van der Waals surface area contributed by atoms with Crippen molar-refractivity contribution in [3.8, 4) is 0 Å². The molecule has 0 aliphatic carbocycles. The second-order valence-electron chi connectivity index (χ2n) is 3.06. The summed E-state index contributed by atoms with van der Waals surface area (Å²) < 4.78 is 49.7. The highest BCUT2D eigenvalue weighted by Gasteiger charge is 2.53. The van der Waals surface area contributed by atoms with Gasteiger partial charge in [0.2, 0.25) is 0 Å². The average Bonchev–Trinajstić information content (AvgIpc) is 2.02. The molecule has 0 aromatic carbocycles. The summed E-state index contributed by atoms with van der Waals surface area (Å²) in [5.41, 5.74) is 0. The van der Waals surface area contributed by atoms with Gasteiger partial charge in [-0.3, -0.25) is 0 Å². The first-order valence-corrected chi connectivity index (χ1v) is 5.64. The molecule has 14 heavy (non-hydrogen) atoms. The van der Waals surface area contributed by atoms with Gasteiger partial charge in [0.15, 0.2) is 0 Å². The summed E-state index contributed by atoms with van der Waals surface area (Å²) >= 11 is 7.05. The van der Waals surface area contributed by atoms with Gasteiger partial charge in [0.25, 0.3) is 0 Å². The van der Waals surface area contributed by atoms with E-state index in [4.69, 9.17) is 11.6 Å². The highest BCUT2D eigenvalue weighted by atomic mass is 79.9. The molecule has 0 bridgehead atoms. The monoisotopic (exact) mass is 298 g/mol. The van der Waals surface area contributed by atoms with Crippen LogP contribution in [0, 0.1) is 0 Å². The lowest BCUT2D eigenvalue weighted by molar-refractivity contribution is -0.151. The zero-order valence-electron chi connectivity index (χ0n) is 7.51. The summed E-state index contributed by atoms with van der Waals surface area (Å²) in [5, 5.41) is 0. The second-order valence-corrected chi connectivity index (χ2v) is 4.43. The lowest BCUT2D eigenvalue weighted by atomic mass is 10.1. The maximum absolute atomic E-state index is 12.6. The van der Waals surface area contributed by atoms with E-state index in [-0.39, 0.29) is 6.42 Å².